The fraction of sp³-hybridized carbons (Fsp3) is 0.667. The van der Waals surface area contributed by atoms with Gasteiger partial charge < -0.3 is 10.4 Å². The van der Waals surface area contributed by atoms with E-state index >= 15 is 0 Å². The lowest BCUT2D eigenvalue weighted by Crippen LogP contribution is -2.59. The molecule has 0 radical (unpaired) electrons. The molecule has 2 bridgehead atoms. The van der Waals surface area contributed by atoms with Gasteiger partial charge >= 0.3 is 0 Å². The molecule has 1 aromatic rings. The van der Waals surface area contributed by atoms with Crippen LogP contribution in [0.3, 0.4) is 0 Å². The van der Waals surface area contributed by atoms with E-state index in [2.05, 4.69) is 11.4 Å². The highest BCUT2D eigenvalue weighted by molar-refractivity contribution is 5.58. The van der Waals surface area contributed by atoms with Gasteiger partial charge in [-0.1, -0.05) is 12.8 Å². The van der Waals surface area contributed by atoms with Gasteiger partial charge in [-0.25, -0.2) is 0 Å². The standard InChI is InChI=1S/C18H23NO/c20-17-10-15-13(11-4-5-12(11)17)9-16-14-3-1-2-6-18(14,15)7-8-19-16/h10,14,16,19-20H,1-9H2/t14-,16+,18+/m0/s1. The summed E-state index contributed by atoms with van der Waals surface area (Å²) in [6.45, 7) is 1.17. The molecule has 106 valence electrons. The van der Waals surface area contributed by atoms with Crippen LogP contribution in [0, 0.1) is 5.92 Å². The number of piperidine rings is 1. The number of aromatic hydroxyl groups is 1. The molecule has 1 aliphatic heterocycles. The van der Waals surface area contributed by atoms with Gasteiger partial charge in [-0.15, -0.1) is 0 Å². The minimum atomic E-state index is 0.393. The summed E-state index contributed by atoms with van der Waals surface area (Å²) < 4.78 is 0. The Morgan fingerprint density at radius 2 is 2.00 bits per heavy atom. The van der Waals surface area contributed by atoms with Crippen LogP contribution in [0.4, 0.5) is 0 Å². The summed E-state index contributed by atoms with van der Waals surface area (Å²) >= 11 is 0. The first kappa shape index (κ1) is 11.6. The molecule has 3 atom stereocenters. The molecule has 1 saturated heterocycles. The molecule has 2 nitrogen and oxygen atoms in total. The Balaban J connectivity index is 1.77. The Kier molecular flexibility index (Phi) is 2.20. The Morgan fingerprint density at radius 3 is 2.85 bits per heavy atom. The molecule has 2 heteroatoms. The zero-order chi connectivity index (χ0) is 13.3. The molecule has 2 N–H and O–H groups in total. The van der Waals surface area contributed by atoms with Crippen molar-refractivity contribution in [1.82, 2.24) is 5.32 Å². The Hall–Kier alpha value is -1.02. The molecular formula is C18H23NO. The van der Waals surface area contributed by atoms with Crippen LogP contribution in [0.1, 0.15) is 54.4 Å². The lowest BCUT2D eigenvalue weighted by molar-refractivity contribution is 0.0789. The number of phenolic OH excluding ortho intramolecular Hbond substituents is 1. The van der Waals surface area contributed by atoms with Crippen molar-refractivity contribution in [3.05, 3.63) is 28.3 Å². The van der Waals surface area contributed by atoms with Gasteiger partial charge in [0.25, 0.3) is 0 Å². The van der Waals surface area contributed by atoms with Gasteiger partial charge in [0.2, 0.25) is 0 Å². The third kappa shape index (κ3) is 1.25. The topological polar surface area (TPSA) is 32.3 Å². The van der Waals surface area contributed by atoms with Crippen LogP contribution in [-0.2, 0) is 24.7 Å². The second kappa shape index (κ2) is 3.79. The molecule has 5 rings (SSSR count). The Morgan fingerprint density at radius 1 is 1.10 bits per heavy atom. The second-order valence-electron chi connectivity index (χ2n) is 7.40. The zero-order valence-electron chi connectivity index (χ0n) is 12.0. The van der Waals surface area contributed by atoms with Crippen molar-refractivity contribution in [2.75, 3.05) is 6.54 Å². The SMILES string of the molecule is Oc1cc2c(c3c1CC3)C[C@H]1NCC[C@@]23CCCC[C@@H]13. The number of phenols is 1. The predicted octanol–water partition coefficient (Wildman–Crippen LogP) is 2.84. The average Bonchev–Trinajstić information content (AvgIpc) is 2.40. The first-order valence-electron chi connectivity index (χ1n) is 8.40. The number of hydrogen-bond donors (Lipinski definition) is 2. The molecular weight excluding hydrogens is 246 g/mol. The van der Waals surface area contributed by atoms with E-state index in [9.17, 15) is 5.11 Å². The summed E-state index contributed by atoms with van der Waals surface area (Å²) in [4.78, 5) is 0. The normalized spacial score (nSPS) is 37.4. The number of nitrogens with one attached hydrogen (secondary N) is 1. The predicted molar refractivity (Wildman–Crippen MR) is 79.3 cm³/mol. The summed E-state index contributed by atoms with van der Waals surface area (Å²) in [5.41, 5.74) is 6.34. The summed E-state index contributed by atoms with van der Waals surface area (Å²) in [6, 6.07) is 2.87. The summed E-state index contributed by atoms with van der Waals surface area (Å²) in [5, 5.41) is 14.2. The molecule has 1 saturated carbocycles. The smallest absolute Gasteiger partial charge is 0.119 e. The van der Waals surface area contributed by atoms with Crippen molar-refractivity contribution in [3.8, 4) is 5.75 Å². The number of benzene rings is 1. The van der Waals surface area contributed by atoms with Gasteiger partial charge in [-0.2, -0.15) is 0 Å². The number of hydrogen-bond acceptors (Lipinski definition) is 2. The molecule has 0 spiro atoms. The summed E-state index contributed by atoms with van der Waals surface area (Å²) in [5.74, 6) is 1.41. The van der Waals surface area contributed by atoms with Gasteiger partial charge in [0.15, 0.2) is 0 Å². The molecule has 0 amide bonds. The molecule has 4 aliphatic rings. The fourth-order valence-corrected chi connectivity index (χ4v) is 5.83. The molecule has 20 heavy (non-hydrogen) atoms. The maximum Gasteiger partial charge on any atom is 0.119 e. The van der Waals surface area contributed by atoms with Crippen molar-refractivity contribution in [1.29, 1.82) is 0 Å². The van der Waals surface area contributed by atoms with Crippen molar-refractivity contribution in [3.63, 3.8) is 0 Å². The Bertz CT molecular complexity index is 590. The van der Waals surface area contributed by atoms with Gasteiger partial charge in [-0.05, 0) is 79.3 Å². The maximum atomic E-state index is 10.4. The third-order valence-corrected chi connectivity index (χ3v) is 6.79. The van der Waals surface area contributed by atoms with Crippen molar-refractivity contribution in [2.24, 2.45) is 5.92 Å². The summed E-state index contributed by atoms with van der Waals surface area (Å²) in [7, 11) is 0. The minimum Gasteiger partial charge on any atom is -0.508 e. The molecule has 2 fully saturated rings. The van der Waals surface area contributed by atoms with E-state index in [4.69, 9.17) is 0 Å². The van der Waals surface area contributed by atoms with Crippen LogP contribution in [0.2, 0.25) is 0 Å². The van der Waals surface area contributed by atoms with Crippen molar-refractivity contribution >= 4 is 0 Å². The quantitative estimate of drug-likeness (QED) is 0.759. The lowest BCUT2D eigenvalue weighted by atomic mass is 9.51. The lowest BCUT2D eigenvalue weighted by Gasteiger charge is -2.56. The summed E-state index contributed by atoms with van der Waals surface area (Å²) in [6.07, 6.45) is 10.3. The van der Waals surface area contributed by atoms with Crippen LogP contribution in [0.15, 0.2) is 6.07 Å². The number of fused-ring (bicyclic) bond motifs is 3. The van der Waals surface area contributed by atoms with Crippen LogP contribution in [0.5, 0.6) is 5.75 Å². The van der Waals surface area contributed by atoms with Crippen molar-refractivity contribution < 1.29 is 5.11 Å². The van der Waals surface area contributed by atoms with Crippen LogP contribution in [0.25, 0.3) is 0 Å². The van der Waals surface area contributed by atoms with E-state index in [1.54, 1.807) is 11.1 Å². The first-order chi connectivity index (χ1) is 9.79. The number of rotatable bonds is 0. The van der Waals surface area contributed by atoms with Crippen LogP contribution in [-0.4, -0.2) is 17.7 Å². The Labute approximate surface area is 120 Å². The highest BCUT2D eigenvalue weighted by atomic mass is 16.3. The minimum absolute atomic E-state index is 0.393. The first-order valence-corrected chi connectivity index (χ1v) is 8.40. The van der Waals surface area contributed by atoms with Gasteiger partial charge in [0.1, 0.15) is 5.75 Å². The highest BCUT2D eigenvalue weighted by Gasteiger charge is 2.52. The van der Waals surface area contributed by atoms with E-state index in [-0.39, 0.29) is 0 Å². The van der Waals surface area contributed by atoms with Gasteiger partial charge in [0, 0.05) is 11.5 Å². The molecule has 1 aromatic carbocycles. The van der Waals surface area contributed by atoms with E-state index in [0.29, 0.717) is 17.2 Å². The highest BCUT2D eigenvalue weighted by Crippen LogP contribution is 2.56. The monoisotopic (exact) mass is 269 g/mol. The molecule has 0 aromatic heterocycles. The second-order valence-corrected chi connectivity index (χ2v) is 7.40. The van der Waals surface area contributed by atoms with Crippen molar-refractivity contribution in [2.45, 2.75) is 62.8 Å². The maximum absolute atomic E-state index is 10.4. The third-order valence-electron chi connectivity index (χ3n) is 6.79. The van der Waals surface area contributed by atoms with E-state index in [0.717, 1.165) is 12.3 Å². The van der Waals surface area contributed by atoms with E-state index in [1.807, 2.05) is 0 Å². The largest absolute Gasteiger partial charge is 0.508 e. The van der Waals surface area contributed by atoms with Crippen LogP contribution < -0.4 is 5.32 Å². The molecule has 1 heterocycles. The molecule has 3 aliphatic carbocycles. The zero-order valence-corrected chi connectivity index (χ0v) is 12.0. The van der Waals surface area contributed by atoms with E-state index in [1.165, 1.54) is 62.6 Å². The van der Waals surface area contributed by atoms with Gasteiger partial charge in [-0.3, -0.25) is 0 Å². The average molecular weight is 269 g/mol. The van der Waals surface area contributed by atoms with E-state index < -0.39 is 0 Å². The van der Waals surface area contributed by atoms with Gasteiger partial charge in [0.05, 0.1) is 0 Å². The molecule has 0 unspecified atom stereocenters. The van der Waals surface area contributed by atoms with Crippen LogP contribution >= 0.6 is 0 Å². The fourth-order valence-electron chi connectivity index (χ4n) is 5.83.